The van der Waals surface area contributed by atoms with E-state index < -0.39 is 0 Å². The van der Waals surface area contributed by atoms with Crippen LogP contribution in [-0.4, -0.2) is 19.0 Å². The smallest absolute Gasteiger partial charge is 0.248 e. The maximum atomic E-state index is 11.3. The summed E-state index contributed by atoms with van der Waals surface area (Å²) in [4.78, 5) is 13.6. The first-order valence-electron chi connectivity index (χ1n) is 7.91. The molecule has 114 valence electrons. The first-order chi connectivity index (χ1) is 10.7. The van der Waals surface area contributed by atoms with E-state index in [4.69, 9.17) is 5.73 Å². The predicted molar refractivity (Wildman–Crippen MR) is 90.0 cm³/mol. The van der Waals surface area contributed by atoms with Gasteiger partial charge in [0.05, 0.1) is 0 Å². The molecule has 1 saturated heterocycles. The average Bonchev–Trinajstić information content (AvgIpc) is 2.56. The Morgan fingerprint density at radius 2 is 1.77 bits per heavy atom. The van der Waals surface area contributed by atoms with Crippen LogP contribution in [0.15, 0.2) is 54.6 Å². The van der Waals surface area contributed by atoms with Crippen LogP contribution in [0.25, 0.3) is 0 Å². The van der Waals surface area contributed by atoms with E-state index in [1.54, 1.807) is 6.07 Å². The minimum atomic E-state index is -0.360. The lowest BCUT2D eigenvalue weighted by atomic mass is 9.90. The van der Waals surface area contributed by atoms with Crippen molar-refractivity contribution in [2.24, 2.45) is 11.7 Å². The summed E-state index contributed by atoms with van der Waals surface area (Å²) in [7, 11) is 0. The number of rotatable bonds is 4. The van der Waals surface area contributed by atoms with Crippen LogP contribution in [0.5, 0.6) is 0 Å². The molecule has 3 heteroatoms. The molecular formula is C19H22N2O. The number of hydrogen-bond donors (Lipinski definition) is 1. The highest BCUT2D eigenvalue weighted by atomic mass is 16.1. The summed E-state index contributed by atoms with van der Waals surface area (Å²) < 4.78 is 0. The Hall–Kier alpha value is -2.29. The highest BCUT2D eigenvalue weighted by Crippen LogP contribution is 2.26. The Labute approximate surface area is 131 Å². The van der Waals surface area contributed by atoms with E-state index in [1.807, 2.05) is 12.1 Å². The van der Waals surface area contributed by atoms with Crippen molar-refractivity contribution in [3.8, 4) is 0 Å². The summed E-state index contributed by atoms with van der Waals surface area (Å²) >= 11 is 0. The van der Waals surface area contributed by atoms with Crippen molar-refractivity contribution in [2.45, 2.75) is 19.3 Å². The van der Waals surface area contributed by atoms with Gasteiger partial charge in [-0.2, -0.15) is 0 Å². The quantitative estimate of drug-likeness (QED) is 0.941. The topological polar surface area (TPSA) is 46.3 Å². The number of carbonyl (C=O) groups is 1. The summed E-state index contributed by atoms with van der Waals surface area (Å²) in [6, 6.07) is 18.4. The molecule has 1 aliphatic rings. The second-order valence-corrected chi connectivity index (χ2v) is 6.03. The Kier molecular flexibility index (Phi) is 4.42. The molecule has 0 saturated carbocycles. The van der Waals surface area contributed by atoms with E-state index in [2.05, 4.69) is 41.3 Å². The average molecular weight is 294 g/mol. The monoisotopic (exact) mass is 294 g/mol. The summed E-state index contributed by atoms with van der Waals surface area (Å²) in [5.41, 5.74) is 8.48. The molecule has 0 radical (unpaired) electrons. The zero-order valence-electron chi connectivity index (χ0n) is 12.7. The van der Waals surface area contributed by atoms with E-state index in [0.717, 1.165) is 31.1 Å². The number of nitrogens with zero attached hydrogens (tertiary/aromatic N) is 1. The van der Waals surface area contributed by atoms with E-state index in [0.29, 0.717) is 5.56 Å². The molecule has 2 aromatic rings. The lowest BCUT2D eigenvalue weighted by Gasteiger charge is -2.34. The van der Waals surface area contributed by atoms with Gasteiger partial charge in [-0.25, -0.2) is 0 Å². The standard InChI is InChI=1S/C19H22N2O/c20-19(22)17-7-4-8-18(14-17)21-11-9-16(10-12-21)13-15-5-2-1-3-6-15/h1-8,14,16H,9-13H2,(H2,20,22). The third-order valence-corrected chi connectivity index (χ3v) is 4.48. The lowest BCUT2D eigenvalue weighted by molar-refractivity contribution is 0.100. The highest BCUT2D eigenvalue weighted by Gasteiger charge is 2.20. The van der Waals surface area contributed by atoms with E-state index in [1.165, 1.54) is 18.4 Å². The van der Waals surface area contributed by atoms with E-state index >= 15 is 0 Å². The Morgan fingerprint density at radius 3 is 2.45 bits per heavy atom. The first kappa shape index (κ1) is 14.6. The Bertz CT molecular complexity index is 631. The maximum absolute atomic E-state index is 11.3. The van der Waals surface area contributed by atoms with Gasteiger partial charge in [-0.3, -0.25) is 4.79 Å². The molecule has 3 rings (SSSR count). The third-order valence-electron chi connectivity index (χ3n) is 4.48. The number of nitrogens with two attached hydrogens (primary N) is 1. The molecule has 3 nitrogen and oxygen atoms in total. The van der Waals surface area contributed by atoms with Crippen molar-refractivity contribution in [3.63, 3.8) is 0 Å². The molecule has 1 amide bonds. The summed E-state index contributed by atoms with van der Waals surface area (Å²) in [5.74, 6) is 0.388. The molecule has 1 fully saturated rings. The molecule has 0 spiro atoms. The first-order valence-corrected chi connectivity index (χ1v) is 7.91. The van der Waals surface area contributed by atoms with Crippen molar-refractivity contribution in [3.05, 3.63) is 65.7 Å². The van der Waals surface area contributed by atoms with Crippen LogP contribution in [0.4, 0.5) is 5.69 Å². The number of anilines is 1. The number of piperidine rings is 1. The van der Waals surface area contributed by atoms with Gasteiger partial charge in [0.25, 0.3) is 0 Å². The minimum absolute atomic E-state index is 0.360. The van der Waals surface area contributed by atoms with Crippen LogP contribution in [0.2, 0.25) is 0 Å². The van der Waals surface area contributed by atoms with Crippen molar-refractivity contribution in [1.29, 1.82) is 0 Å². The van der Waals surface area contributed by atoms with Crippen LogP contribution >= 0.6 is 0 Å². The SMILES string of the molecule is NC(=O)c1cccc(N2CCC(Cc3ccccc3)CC2)c1. The van der Waals surface area contributed by atoms with Crippen molar-refractivity contribution < 1.29 is 4.79 Å². The van der Waals surface area contributed by atoms with Gasteiger partial charge in [0.2, 0.25) is 5.91 Å². The van der Waals surface area contributed by atoms with E-state index in [-0.39, 0.29) is 5.91 Å². The maximum Gasteiger partial charge on any atom is 0.248 e. The van der Waals surface area contributed by atoms with Gasteiger partial charge in [0.1, 0.15) is 0 Å². The van der Waals surface area contributed by atoms with Gasteiger partial charge in [0.15, 0.2) is 0 Å². The minimum Gasteiger partial charge on any atom is -0.371 e. The number of primary amides is 1. The molecule has 1 heterocycles. The zero-order valence-corrected chi connectivity index (χ0v) is 12.7. The molecule has 22 heavy (non-hydrogen) atoms. The normalized spacial score (nSPS) is 15.7. The van der Waals surface area contributed by atoms with Gasteiger partial charge < -0.3 is 10.6 Å². The fourth-order valence-electron chi connectivity index (χ4n) is 3.20. The number of carbonyl (C=O) groups excluding carboxylic acids is 1. The van der Waals surface area contributed by atoms with Crippen LogP contribution in [0.3, 0.4) is 0 Å². The number of benzene rings is 2. The van der Waals surface area contributed by atoms with Gasteiger partial charge in [0, 0.05) is 24.3 Å². The molecule has 0 atom stereocenters. The molecule has 1 aliphatic heterocycles. The van der Waals surface area contributed by atoms with Crippen LogP contribution in [0, 0.1) is 5.92 Å². The predicted octanol–water partition coefficient (Wildman–Crippen LogP) is 3.24. The van der Waals surface area contributed by atoms with Gasteiger partial charge >= 0.3 is 0 Å². The van der Waals surface area contributed by atoms with Gasteiger partial charge in [-0.05, 0) is 48.9 Å². The van der Waals surface area contributed by atoms with Gasteiger partial charge in [-0.15, -0.1) is 0 Å². The molecule has 0 aromatic heterocycles. The fraction of sp³-hybridized carbons (Fsp3) is 0.316. The molecule has 2 N–H and O–H groups in total. The molecular weight excluding hydrogens is 272 g/mol. The summed E-state index contributed by atoms with van der Waals surface area (Å²) in [6.45, 7) is 2.08. The summed E-state index contributed by atoms with van der Waals surface area (Å²) in [6.07, 6.45) is 3.54. The van der Waals surface area contributed by atoms with Crippen LogP contribution < -0.4 is 10.6 Å². The van der Waals surface area contributed by atoms with Crippen molar-refractivity contribution >= 4 is 11.6 Å². The second kappa shape index (κ2) is 6.65. The van der Waals surface area contributed by atoms with Crippen molar-refractivity contribution in [1.82, 2.24) is 0 Å². The Morgan fingerprint density at radius 1 is 1.05 bits per heavy atom. The molecule has 2 aromatic carbocycles. The summed E-state index contributed by atoms with van der Waals surface area (Å²) in [5, 5.41) is 0. The van der Waals surface area contributed by atoms with E-state index in [9.17, 15) is 4.79 Å². The molecule has 0 bridgehead atoms. The van der Waals surface area contributed by atoms with Crippen molar-refractivity contribution in [2.75, 3.05) is 18.0 Å². The zero-order chi connectivity index (χ0) is 15.4. The molecule has 0 unspecified atom stereocenters. The Balaban J connectivity index is 1.60. The fourth-order valence-corrected chi connectivity index (χ4v) is 3.20. The second-order valence-electron chi connectivity index (χ2n) is 6.03. The molecule has 0 aliphatic carbocycles. The number of amides is 1. The highest BCUT2D eigenvalue weighted by molar-refractivity contribution is 5.93. The van der Waals surface area contributed by atoms with Crippen LogP contribution in [0.1, 0.15) is 28.8 Å². The van der Waals surface area contributed by atoms with Crippen LogP contribution in [-0.2, 0) is 6.42 Å². The largest absolute Gasteiger partial charge is 0.371 e. The third kappa shape index (κ3) is 3.48. The lowest BCUT2D eigenvalue weighted by Crippen LogP contribution is -2.34. The number of hydrogen-bond acceptors (Lipinski definition) is 2. The van der Waals surface area contributed by atoms with Gasteiger partial charge in [-0.1, -0.05) is 36.4 Å².